The second-order valence-electron chi connectivity index (χ2n) is 4.32. The van der Waals surface area contributed by atoms with Crippen molar-refractivity contribution in [2.75, 3.05) is 0 Å². The van der Waals surface area contributed by atoms with Crippen molar-refractivity contribution >= 4 is 6.29 Å². The lowest BCUT2D eigenvalue weighted by atomic mass is 9.98. The molecule has 0 saturated heterocycles. The lowest BCUT2D eigenvalue weighted by molar-refractivity contribution is 0.0939. The maximum atomic E-state index is 12.9. The summed E-state index contributed by atoms with van der Waals surface area (Å²) in [6.07, 6.45) is 0.659. The Labute approximate surface area is 111 Å². The van der Waals surface area contributed by atoms with Crippen molar-refractivity contribution in [2.45, 2.75) is 20.1 Å². The standard InChI is InChI=1S/C15H11FO2.CH4/c16-13-4-2-11(3-5-13)15-14-6-1-10(8-17)7-12(14)9-18-15;/h1-8,15H,9H2;1H4. The van der Waals surface area contributed by atoms with E-state index in [1.54, 1.807) is 18.2 Å². The molecule has 0 saturated carbocycles. The molecular weight excluding hydrogens is 243 g/mol. The fraction of sp³-hybridized carbons (Fsp3) is 0.188. The van der Waals surface area contributed by atoms with Gasteiger partial charge in [-0.25, -0.2) is 4.39 Å². The van der Waals surface area contributed by atoms with Crippen LogP contribution in [-0.2, 0) is 11.3 Å². The average molecular weight is 258 g/mol. The van der Waals surface area contributed by atoms with Gasteiger partial charge in [-0.15, -0.1) is 0 Å². The number of carbonyl (C=O) groups is 1. The largest absolute Gasteiger partial charge is 0.364 e. The molecule has 1 unspecified atom stereocenters. The van der Waals surface area contributed by atoms with Gasteiger partial charge in [0.15, 0.2) is 0 Å². The smallest absolute Gasteiger partial charge is 0.150 e. The maximum absolute atomic E-state index is 12.9. The molecule has 0 aromatic heterocycles. The first kappa shape index (κ1) is 13.4. The normalized spacial score (nSPS) is 16.6. The van der Waals surface area contributed by atoms with E-state index in [9.17, 15) is 9.18 Å². The number of benzene rings is 2. The van der Waals surface area contributed by atoms with Crippen LogP contribution in [0, 0.1) is 5.82 Å². The van der Waals surface area contributed by atoms with Crippen molar-refractivity contribution in [1.82, 2.24) is 0 Å². The van der Waals surface area contributed by atoms with Gasteiger partial charge < -0.3 is 4.74 Å². The maximum Gasteiger partial charge on any atom is 0.150 e. The summed E-state index contributed by atoms with van der Waals surface area (Å²) in [5, 5.41) is 0. The van der Waals surface area contributed by atoms with Crippen LogP contribution in [0.3, 0.4) is 0 Å². The summed E-state index contributed by atoms with van der Waals surface area (Å²) >= 11 is 0. The summed E-state index contributed by atoms with van der Waals surface area (Å²) in [6.45, 7) is 0.485. The SMILES string of the molecule is C.O=Cc1ccc2c(c1)COC2c1ccc(F)cc1. The van der Waals surface area contributed by atoms with E-state index in [1.165, 1.54) is 12.1 Å². The zero-order valence-corrected chi connectivity index (χ0v) is 9.60. The number of fused-ring (bicyclic) bond motifs is 1. The van der Waals surface area contributed by atoms with Gasteiger partial charge in [-0.1, -0.05) is 31.7 Å². The Morgan fingerprint density at radius 3 is 2.58 bits per heavy atom. The van der Waals surface area contributed by atoms with Crippen LogP contribution in [0.25, 0.3) is 0 Å². The van der Waals surface area contributed by atoms with Crippen molar-refractivity contribution < 1.29 is 13.9 Å². The van der Waals surface area contributed by atoms with E-state index in [-0.39, 0.29) is 19.3 Å². The monoisotopic (exact) mass is 258 g/mol. The molecule has 0 bridgehead atoms. The molecule has 2 nitrogen and oxygen atoms in total. The first-order chi connectivity index (χ1) is 8.78. The Kier molecular flexibility index (Phi) is 3.76. The third-order valence-corrected chi connectivity index (χ3v) is 3.16. The third kappa shape index (κ3) is 2.42. The molecule has 2 aromatic carbocycles. The summed E-state index contributed by atoms with van der Waals surface area (Å²) in [5.41, 5.74) is 3.65. The molecule has 2 aromatic rings. The van der Waals surface area contributed by atoms with Gasteiger partial charge in [0.05, 0.1) is 6.61 Å². The number of ether oxygens (including phenoxy) is 1. The van der Waals surface area contributed by atoms with Crippen LogP contribution in [0.15, 0.2) is 42.5 Å². The second-order valence-corrected chi connectivity index (χ2v) is 4.32. The molecule has 3 heteroatoms. The van der Waals surface area contributed by atoms with Crippen LogP contribution in [0.1, 0.15) is 40.6 Å². The number of rotatable bonds is 2. The van der Waals surface area contributed by atoms with Crippen LogP contribution in [0.4, 0.5) is 4.39 Å². The van der Waals surface area contributed by atoms with Gasteiger partial charge >= 0.3 is 0 Å². The van der Waals surface area contributed by atoms with Crippen LogP contribution < -0.4 is 0 Å². The minimum absolute atomic E-state index is 0. The number of aldehydes is 1. The highest BCUT2D eigenvalue weighted by molar-refractivity contribution is 5.75. The quantitative estimate of drug-likeness (QED) is 0.764. The second kappa shape index (κ2) is 5.33. The Morgan fingerprint density at radius 2 is 1.89 bits per heavy atom. The fourth-order valence-corrected chi connectivity index (χ4v) is 2.26. The molecule has 0 aliphatic carbocycles. The van der Waals surface area contributed by atoms with Gasteiger partial charge in [0.1, 0.15) is 18.2 Å². The Hall–Kier alpha value is -2.00. The van der Waals surface area contributed by atoms with Crippen molar-refractivity contribution in [3.63, 3.8) is 0 Å². The van der Waals surface area contributed by atoms with Crippen molar-refractivity contribution in [2.24, 2.45) is 0 Å². The molecule has 1 heterocycles. The molecule has 0 radical (unpaired) electrons. The highest BCUT2D eigenvalue weighted by atomic mass is 19.1. The van der Waals surface area contributed by atoms with Gasteiger partial charge in [0, 0.05) is 5.56 Å². The lowest BCUT2D eigenvalue weighted by Crippen LogP contribution is -1.98. The fourth-order valence-electron chi connectivity index (χ4n) is 2.26. The van der Waals surface area contributed by atoms with Crippen molar-refractivity contribution in [1.29, 1.82) is 0 Å². The highest BCUT2D eigenvalue weighted by Crippen LogP contribution is 2.35. The van der Waals surface area contributed by atoms with Crippen LogP contribution >= 0.6 is 0 Å². The molecular formula is C16H15FO2. The summed E-state index contributed by atoms with van der Waals surface area (Å²) < 4.78 is 18.6. The van der Waals surface area contributed by atoms with E-state index >= 15 is 0 Å². The molecule has 98 valence electrons. The molecule has 19 heavy (non-hydrogen) atoms. The molecule has 0 amide bonds. The van der Waals surface area contributed by atoms with Gasteiger partial charge in [0.2, 0.25) is 0 Å². The molecule has 0 fully saturated rings. The first-order valence-electron chi connectivity index (χ1n) is 5.73. The summed E-state index contributed by atoms with van der Waals surface area (Å²) in [5.74, 6) is -0.256. The van der Waals surface area contributed by atoms with Crippen LogP contribution in [-0.4, -0.2) is 6.29 Å². The van der Waals surface area contributed by atoms with Gasteiger partial charge in [-0.05, 0) is 34.9 Å². The Bertz CT molecular complexity index is 590. The summed E-state index contributed by atoms with van der Waals surface area (Å²) in [7, 11) is 0. The predicted molar refractivity (Wildman–Crippen MR) is 71.6 cm³/mol. The summed E-state index contributed by atoms with van der Waals surface area (Å²) in [4.78, 5) is 10.7. The number of carbonyl (C=O) groups excluding carboxylic acids is 1. The Balaban J connectivity index is 0.00000133. The van der Waals surface area contributed by atoms with E-state index < -0.39 is 0 Å². The van der Waals surface area contributed by atoms with E-state index in [0.29, 0.717) is 12.2 Å². The zero-order chi connectivity index (χ0) is 12.5. The summed E-state index contributed by atoms with van der Waals surface area (Å²) in [6, 6.07) is 11.8. The lowest BCUT2D eigenvalue weighted by Gasteiger charge is -2.11. The van der Waals surface area contributed by atoms with Crippen molar-refractivity contribution in [3.05, 3.63) is 70.5 Å². The molecule has 1 atom stereocenters. The van der Waals surface area contributed by atoms with Crippen molar-refractivity contribution in [3.8, 4) is 0 Å². The van der Waals surface area contributed by atoms with Crippen LogP contribution in [0.2, 0.25) is 0 Å². The van der Waals surface area contributed by atoms with E-state index in [0.717, 1.165) is 23.0 Å². The molecule has 1 aliphatic heterocycles. The van der Waals surface area contributed by atoms with Gasteiger partial charge in [-0.3, -0.25) is 4.79 Å². The molecule has 1 aliphatic rings. The predicted octanol–water partition coefficient (Wildman–Crippen LogP) is 3.89. The van der Waals surface area contributed by atoms with E-state index in [2.05, 4.69) is 0 Å². The molecule has 0 spiro atoms. The minimum Gasteiger partial charge on any atom is -0.364 e. The topological polar surface area (TPSA) is 26.3 Å². The minimum atomic E-state index is -0.256. The van der Waals surface area contributed by atoms with Gasteiger partial charge in [-0.2, -0.15) is 0 Å². The van der Waals surface area contributed by atoms with Gasteiger partial charge in [0.25, 0.3) is 0 Å². The average Bonchev–Trinajstić information content (AvgIpc) is 2.82. The number of hydrogen-bond acceptors (Lipinski definition) is 2. The van der Waals surface area contributed by atoms with Crippen LogP contribution in [0.5, 0.6) is 0 Å². The molecule has 3 rings (SSSR count). The number of hydrogen-bond donors (Lipinski definition) is 0. The molecule has 0 N–H and O–H groups in total. The first-order valence-corrected chi connectivity index (χ1v) is 5.73. The zero-order valence-electron chi connectivity index (χ0n) is 9.60. The number of halogens is 1. The van der Waals surface area contributed by atoms with E-state index in [4.69, 9.17) is 4.74 Å². The highest BCUT2D eigenvalue weighted by Gasteiger charge is 2.24. The third-order valence-electron chi connectivity index (χ3n) is 3.16. The Morgan fingerprint density at radius 1 is 1.16 bits per heavy atom. The van der Waals surface area contributed by atoms with E-state index in [1.807, 2.05) is 12.1 Å².